The molecule has 1 unspecified atom stereocenters. The molecule has 1 aliphatic carbocycles. The van der Waals surface area contributed by atoms with E-state index in [4.69, 9.17) is 16.3 Å². The molecular weight excluding hydrogens is 333 g/mol. The van der Waals surface area contributed by atoms with Gasteiger partial charge in [0, 0.05) is 11.6 Å². The molecular formula is C17H21ClFN3O2. The number of hydrogen-bond donors (Lipinski definition) is 1. The second-order valence-corrected chi connectivity index (χ2v) is 7.44. The topological polar surface area (TPSA) is 75.0 Å². The van der Waals surface area contributed by atoms with Gasteiger partial charge in [-0.15, -0.1) is 0 Å². The van der Waals surface area contributed by atoms with Crippen LogP contribution in [0.4, 0.5) is 10.2 Å². The largest absolute Gasteiger partial charge is 0.469 e. The summed E-state index contributed by atoms with van der Waals surface area (Å²) in [6.45, 7) is 5.79. The molecule has 0 spiro atoms. The first-order chi connectivity index (χ1) is 11.2. The zero-order chi connectivity index (χ0) is 18.1. The first-order valence-corrected chi connectivity index (χ1v) is 8.19. The fourth-order valence-corrected chi connectivity index (χ4v) is 2.73. The van der Waals surface area contributed by atoms with Gasteiger partial charge in [-0.2, -0.15) is 5.26 Å². The van der Waals surface area contributed by atoms with Crippen LogP contribution < -0.4 is 5.32 Å². The van der Waals surface area contributed by atoms with E-state index in [9.17, 15) is 14.4 Å². The molecule has 0 bridgehead atoms. The number of nitrogens with one attached hydrogen (secondary N) is 1. The van der Waals surface area contributed by atoms with Crippen molar-refractivity contribution in [3.63, 3.8) is 0 Å². The van der Waals surface area contributed by atoms with E-state index in [2.05, 4.69) is 10.3 Å². The van der Waals surface area contributed by atoms with Gasteiger partial charge in [0.25, 0.3) is 0 Å². The van der Waals surface area contributed by atoms with Crippen LogP contribution in [0.3, 0.4) is 0 Å². The number of hydrogen-bond acceptors (Lipinski definition) is 5. The van der Waals surface area contributed by atoms with E-state index in [0.29, 0.717) is 5.56 Å². The minimum Gasteiger partial charge on any atom is -0.469 e. The van der Waals surface area contributed by atoms with Crippen LogP contribution in [0, 0.1) is 22.6 Å². The number of halogens is 2. The zero-order valence-electron chi connectivity index (χ0n) is 14.2. The SMILES string of the molecule is COC(=O)CC(Nc1nc(Cl)c(C#N)c(C2CC2)c1F)C(C)(C)C. The van der Waals surface area contributed by atoms with Crippen LogP contribution in [-0.2, 0) is 9.53 Å². The van der Waals surface area contributed by atoms with Crippen molar-refractivity contribution in [3.05, 3.63) is 22.1 Å². The van der Waals surface area contributed by atoms with E-state index in [1.165, 1.54) is 7.11 Å². The summed E-state index contributed by atoms with van der Waals surface area (Å²) in [7, 11) is 1.31. The molecule has 1 aromatic heterocycles. The molecule has 0 aliphatic heterocycles. The number of esters is 1. The lowest BCUT2D eigenvalue weighted by molar-refractivity contribution is -0.141. The van der Waals surface area contributed by atoms with Gasteiger partial charge in [-0.3, -0.25) is 4.79 Å². The highest BCUT2D eigenvalue weighted by molar-refractivity contribution is 6.30. The highest BCUT2D eigenvalue weighted by atomic mass is 35.5. The van der Waals surface area contributed by atoms with Crippen molar-refractivity contribution < 1.29 is 13.9 Å². The average Bonchev–Trinajstić information content (AvgIpc) is 3.32. The van der Waals surface area contributed by atoms with Crippen molar-refractivity contribution in [3.8, 4) is 6.07 Å². The maximum atomic E-state index is 14.9. The summed E-state index contributed by atoms with van der Waals surface area (Å²) in [6, 6.07) is 1.54. The molecule has 1 heterocycles. The lowest BCUT2D eigenvalue weighted by Gasteiger charge is -2.31. The Morgan fingerprint density at radius 2 is 2.17 bits per heavy atom. The number of carbonyl (C=O) groups excluding carboxylic acids is 1. The number of nitriles is 1. The Bertz CT molecular complexity index is 691. The molecule has 0 aromatic carbocycles. The summed E-state index contributed by atoms with van der Waals surface area (Å²) in [5.74, 6) is -0.971. The molecule has 130 valence electrons. The van der Waals surface area contributed by atoms with Gasteiger partial charge in [0.2, 0.25) is 0 Å². The van der Waals surface area contributed by atoms with Crippen LogP contribution in [0.25, 0.3) is 0 Å². The smallest absolute Gasteiger partial charge is 0.307 e. The van der Waals surface area contributed by atoms with E-state index in [-0.39, 0.29) is 34.3 Å². The summed E-state index contributed by atoms with van der Waals surface area (Å²) in [6.07, 6.45) is 1.73. The van der Waals surface area contributed by atoms with Crippen LogP contribution in [0.15, 0.2) is 0 Å². The van der Waals surface area contributed by atoms with E-state index < -0.39 is 17.8 Å². The maximum absolute atomic E-state index is 14.9. The molecule has 7 heteroatoms. The second kappa shape index (κ2) is 6.94. The number of methoxy groups -OCH3 is 1. The average molecular weight is 354 g/mol. The number of pyridine rings is 1. The Hall–Kier alpha value is -1.87. The van der Waals surface area contributed by atoms with Crippen molar-refractivity contribution in [1.82, 2.24) is 4.98 Å². The summed E-state index contributed by atoms with van der Waals surface area (Å²) in [5, 5.41) is 12.2. The van der Waals surface area contributed by atoms with Crippen molar-refractivity contribution >= 4 is 23.4 Å². The lowest BCUT2D eigenvalue weighted by Crippen LogP contribution is -2.37. The minimum absolute atomic E-state index is 0.00870. The van der Waals surface area contributed by atoms with Crippen molar-refractivity contribution in [2.24, 2.45) is 5.41 Å². The van der Waals surface area contributed by atoms with Gasteiger partial charge in [-0.1, -0.05) is 32.4 Å². The Balaban J connectivity index is 2.40. The molecule has 1 atom stereocenters. The summed E-state index contributed by atoms with van der Waals surface area (Å²) in [5.41, 5.74) is 0.0795. The van der Waals surface area contributed by atoms with E-state index in [1.54, 1.807) is 0 Å². The third-order valence-electron chi connectivity index (χ3n) is 4.18. The fourth-order valence-electron chi connectivity index (χ4n) is 2.50. The van der Waals surface area contributed by atoms with Crippen LogP contribution in [0.1, 0.15) is 57.1 Å². The van der Waals surface area contributed by atoms with Gasteiger partial charge in [-0.25, -0.2) is 9.37 Å². The van der Waals surface area contributed by atoms with Crippen molar-refractivity contribution in [1.29, 1.82) is 5.26 Å². The molecule has 0 amide bonds. The molecule has 0 saturated heterocycles. The second-order valence-electron chi connectivity index (χ2n) is 7.08. The third-order valence-corrected chi connectivity index (χ3v) is 4.46. The number of carbonyl (C=O) groups is 1. The Morgan fingerprint density at radius 1 is 1.54 bits per heavy atom. The highest BCUT2D eigenvalue weighted by Crippen LogP contribution is 2.45. The molecule has 1 saturated carbocycles. The van der Waals surface area contributed by atoms with Crippen LogP contribution in [-0.4, -0.2) is 24.1 Å². The monoisotopic (exact) mass is 353 g/mol. The first-order valence-electron chi connectivity index (χ1n) is 7.81. The maximum Gasteiger partial charge on any atom is 0.307 e. The predicted molar refractivity (Wildman–Crippen MR) is 89.4 cm³/mol. The molecule has 1 fully saturated rings. The van der Waals surface area contributed by atoms with E-state index >= 15 is 0 Å². The predicted octanol–water partition coefficient (Wildman–Crippen LogP) is 4.01. The summed E-state index contributed by atoms with van der Waals surface area (Å²) >= 11 is 6.08. The molecule has 1 aliphatic rings. The van der Waals surface area contributed by atoms with Crippen molar-refractivity contribution in [2.75, 3.05) is 12.4 Å². The number of ether oxygens (including phenoxy) is 1. The molecule has 0 radical (unpaired) electrons. The van der Waals surface area contributed by atoms with E-state index in [1.807, 2.05) is 26.8 Å². The fraction of sp³-hybridized carbons (Fsp3) is 0.588. The van der Waals surface area contributed by atoms with Gasteiger partial charge in [0.1, 0.15) is 11.2 Å². The molecule has 5 nitrogen and oxygen atoms in total. The Morgan fingerprint density at radius 3 is 2.62 bits per heavy atom. The Labute approximate surface area is 146 Å². The summed E-state index contributed by atoms with van der Waals surface area (Å²) < 4.78 is 19.6. The minimum atomic E-state index is -0.558. The lowest BCUT2D eigenvalue weighted by atomic mass is 9.84. The quantitative estimate of drug-likeness (QED) is 0.639. The van der Waals surface area contributed by atoms with Crippen LogP contribution in [0.5, 0.6) is 0 Å². The van der Waals surface area contributed by atoms with Gasteiger partial charge >= 0.3 is 5.97 Å². The van der Waals surface area contributed by atoms with Gasteiger partial charge in [-0.05, 0) is 24.2 Å². The molecule has 2 rings (SSSR count). The van der Waals surface area contributed by atoms with Gasteiger partial charge in [0.05, 0.1) is 19.1 Å². The number of anilines is 1. The number of rotatable bonds is 5. The van der Waals surface area contributed by atoms with Crippen molar-refractivity contribution in [2.45, 2.75) is 52.0 Å². The summed E-state index contributed by atoms with van der Waals surface area (Å²) in [4.78, 5) is 15.7. The van der Waals surface area contributed by atoms with Gasteiger partial charge < -0.3 is 10.1 Å². The molecule has 24 heavy (non-hydrogen) atoms. The van der Waals surface area contributed by atoms with Crippen LogP contribution >= 0.6 is 11.6 Å². The highest BCUT2D eigenvalue weighted by Gasteiger charge is 2.34. The van der Waals surface area contributed by atoms with E-state index in [0.717, 1.165) is 12.8 Å². The van der Waals surface area contributed by atoms with Crippen LogP contribution in [0.2, 0.25) is 5.15 Å². The zero-order valence-corrected chi connectivity index (χ0v) is 15.0. The number of aromatic nitrogens is 1. The first kappa shape index (κ1) is 18.5. The standard InChI is InChI=1S/C17H21ClFN3O2/c1-17(2,3)11(7-12(23)24-4)21-16-14(19)13(9-5-6-9)10(8-20)15(18)22-16/h9,11H,5-7H2,1-4H3,(H,21,22). The number of nitrogens with zero attached hydrogens (tertiary/aromatic N) is 2. The molecule has 1 aromatic rings. The Kier molecular flexibility index (Phi) is 5.34. The molecule has 1 N–H and O–H groups in total. The third kappa shape index (κ3) is 3.96. The normalized spacial score (nSPS) is 15.5. The van der Waals surface area contributed by atoms with Gasteiger partial charge in [0.15, 0.2) is 11.6 Å².